The monoisotopic (exact) mass is 329 g/mol. The van der Waals surface area contributed by atoms with Crippen molar-refractivity contribution in [2.24, 2.45) is 0 Å². The lowest BCUT2D eigenvalue weighted by atomic mass is 10.2. The molecule has 0 aliphatic heterocycles. The number of esters is 1. The maximum absolute atomic E-state index is 11.5. The molecule has 2 amide bonds. The van der Waals surface area contributed by atoms with Crippen LogP contribution in [0.1, 0.15) is 17.3 Å². The van der Waals surface area contributed by atoms with Gasteiger partial charge >= 0.3 is 12.1 Å². The molecule has 1 rings (SSSR count). The second-order valence-electron chi connectivity index (χ2n) is 3.35. The number of carbonyl (C=O) groups is 3. The number of rotatable bonds is 4. The summed E-state index contributed by atoms with van der Waals surface area (Å²) in [6.07, 6.45) is -0.868. The molecule has 1 aromatic carbocycles. The van der Waals surface area contributed by atoms with Gasteiger partial charge in [-0.1, -0.05) is 15.9 Å². The Labute approximate surface area is 118 Å². The maximum atomic E-state index is 11.5. The number of ether oxygens (including phenoxy) is 2. The highest BCUT2D eigenvalue weighted by atomic mass is 79.9. The van der Waals surface area contributed by atoms with Gasteiger partial charge in [0.05, 0.1) is 12.2 Å². The molecule has 0 saturated carbocycles. The fourth-order valence-corrected chi connectivity index (χ4v) is 1.38. The Morgan fingerprint density at radius 3 is 2.37 bits per heavy atom. The molecule has 0 aliphatic carbocycles. The Morgan fingerprint density at radius 2 is 1.79 bits per heavy atom. The number of nitrogens with one attached hydrogen (secondary N) is 1. The molecule has 0 atom stereocenters. The molecule has 0 unspecified atom stereocenters. The first-order valence-electron chi connectivity index (χ1n) is 5.42. The number of hydrogen-bond acceptors (Lipinski definition) is 5. The van der Waals surface area contributed by atoms with E-state index < -0.39 is 24.6 Å². The van der Waals surface area contributed by atoms with Crippen LogP contribution >= 0.6 is 15.9 Å². The van der Waals surface area contributed by atoms with Crippen LogP contribution in [0, 0.1) is 0 Å². The third kappa shape index (κ3) is 5.52. The van der Waals surface area contributed by atoms with Gasteiger partial charge in [0, 0.05) is 4.47 Å². The predicted molar refractivity (Wildman–Crippen MR) is 69.6 cm³/mol. The van der Waals surface area contributed by atoms with Crippen molar-refractivity contribution in [2.75, 3.05) is 13.2 Å². The second-order valence-corrected chi connectivity index (χ2v) is 4.27. The van der Waals surface area contributed by atoms with E-state index >= 15 is 0 Å². The lowest BCUT2D eigenvalue weighted by Crippen LogP contribution is -2.34. The molecule has 0 saturated heterocycles. The zero-order valence-electron chi connectivity index (χ0n) is 10.1. The molecule has 7 heteroatoms. The van der Waals surface area contributed by atoms with E-state index in [1.165, 1.54) is 0 Å². The van der Waals surface area contributed by atoms with Crippen molar-refractivity contribution in [1.82, 2.24) is 5.32 Å². The molecule has 1 N–H and O–H groups in total. The number of alkyl carbamates (subject to hydrolysis) is 1. The molecular weight excluding hydrogens is 318 g/mol. The third-order valence-corrected chi connectivity index (χ3v) is 2.46. The van der Waals surface area contributed by atoms with Crippen LogP contribution < -0.4 is 5.32 Å². The number of amides is 2. The minimum atomic E-state index is -0.868. The number of carbonyl (C=O) groups excluding carboxylic acids is 3. The van der Waals surface area contributed by atoms with Crippen LogP contribution in [0.2, 0.25) is 0 Å². The van der Waals surface area contributed by atoms with Crippen molar-refractivity contribution in [3.05, 3.63) is 34.3 Å². The Morgan fingerprint density at radius 1 is 1.16 bits per heavy atom. The summed E-state index contributed by atoms with van der Waals surface area (Å²) < 4.78 is 10.1. The Bertz CT molecular complexity index is 472. The summed E-state index contributed by atoms with van der Waals surface area (Å²) in [6.45, 7) is 1.21. The topological polar surface area (TPSA) is 81.7 Å². The van der Waals surface area contributed by atoms with Crippen LogP contribution in [0.5, 0.6) is 0 Å². The number of hydrogen-bond donors (Lipinski definition) is 1. The maximum Gasteiger partial charge on any atom is 0.413 e. The van der Waals surface area contributed by atoms with E-state index in [4.69, 9.17) is 4.74 Å². The number of benzene rings is 1. The van der Waals surface area contributed by atoms with Crippen LogP contribution in [-0.2, 0) is 14.3 Å². The predicted octanol–water partition coefficient (Wildman–Crippen LogP) is 1.88. The van der Waals surface area contributed by atoms with E-state index in [9.17, 15) is 14.4 Å². The summed E-state index contributed by atoms with van der Waals surface area (Å²) in [4.78, 5) is 33.7. The third-order valence-electron chi connectivity index (χ3n) is 1.93. The first kappa shape index (κ1) is 15.2. The van der Waals surface area contributed by atoms with Crippen molar-refractivity contribution in [3.8, 4) is 0 Å². The van der Waals surface area contributed by atoms with Gasteiger partial charge in [-0.3, -0.25) is 10.1 Å². The van der Waals surface area contributed by atoms with Gasteiger partial charge in [0.2, 0.25) is 0 Å². The quantitative estimate of drug-likeness (QED) is 0.853. The van der Waals surface area contributed by atoms with Crippen LogP contribution in [-0.4, -0.2) is 31.2 Å². The van der Waals surface area contributed by atoms with Gasteiger partial charge in [-0.05, 0) is 31.2 Å². The highest BCUT2D eigenvalue weighted by Gasteiger charge is 2.12. The Kier molecular flexibility index (Phi) is 6.01. The van der Waals surface area contributed by atoms with E-state index in [0.29, 0.717) is 5.56 Å². The average Bonchev–Trinajstić information content (AvgIpc) is 2.37. The summed E-state index contributed by atoms with van der Waals surface area (Å²) in [5.41, 5.74) is 0.312. The highest BCUT2D eigenvalue weighted by Crippen LogP contribution is 2.11. The molecule has 0 spiro atoms. The standard InChI is InChI=1S/C12H12BrNO5/c1-2-18-12(17)14-10(15)7-19-11(16)8-3-5-9(13)6-4-8/h3-6H,2,7H2,1H3,(H,14,15,17). The molecule has 0 fully saturated rings. The van der Waals surface area contributed by atoms with E-state index in [2.05, 4.69) is 20.7 Å². The molecule has 1 aromatic rings. The van der Waals surface area contributed by atoms with E-state index in [0.717, 1.165) is 4.47 Å². The lowest BCUT2D eigenvalue weighted by Gasteiger charge is -2.05. The molecule has 0 aliphatic rings. The summed E-state index contributed by atoms with van der Waals surface area (Å²) in [6, 6.07) is 6.45. The van der Waals surface area contributed by atoms with Crippen LogP contribution in [0.15, 0.2) is 28.7 Å². The molecule has 6 nitrogen and oxygen atoms in total. The van der Waals surface area contributed by atoms with Gasteiger partial charge in [0.25, 0.3) is 5.91 Å². The van der Waals surface area contributed by atoms with Crippen molar-refractivity contribution < 1.29 is 23.9 Å². The lowest BCUT2D eigenvalue weighted by molar-refractivity contribution is -0.123. The minimum Gasteiger partial charge on any atom is -0.452 e. The number of imide groups is 1. The SMILES string of the molecule is CCOC(=O)NC(=O)COC(=O)c1ccc(Br)cc1. The van der Waals surface area contributed by atoms with Gasteiger partial charge in [0.15, 0.2) is 6.61 Å². The first-order chi connectivity index (χ1) is 9.02. The van der Waals surface area contributed by atoms with Gasteiger partial charge < -0.3 is 9.47 Å². The fourth-order valence-electron chi connectivity index (χ4n) is 1.12. The van der Waals surface area contributed by atoms with Gasteiger partial charge in [-0.15, -0.1) is 0 Å². The molecule has 0 aromatic heterocycles. The van der Waals surface area contributed by atoms with Crippen LogP contribution in [0.25, 0.3) is 0 Å². The normalized spacial score (nSPS) is 9.58. The zero-order valence-corrected chi connectivity index (χ0v) is 11.7. The summed E-state index contributed by atoms with van der Waals surface area (Å²) in [7, 11) is 0. The minimum absolute atomic E-state index is 0.151. The van der Waals surface area contributed by atoms with Gasteiger partial charge in [-0.25, -0.2) is 9.59 Å². The van der Waals surface area contributed by atoms with Gasteiger partial charge in [-0.2, -0.15) is 0 Å². The van der Waals surface area contributed by atoms with E-state index in [1.54, 1.807) is 31.2 Å². The van der Waals surface area contributed by atoms with Crippen molar-refractivity contribution in [1.29, 1.82) is 0 Å². The van der Waals surface area contributed by atoms with Crippen LogP contribution in [0.3, 0.4) is 0 Å². The van der Waals surface area contributed by atoms with Crippen molar-refractivity contribution in [3.63, 3.8) is 0 Å². The summed E-state index contributed by atoms with van der Waals surface area (Å²) >= 11 is 3.23. The molecule has 0 bridgehead atoms. The Hall–Kier alpha value is -1.89. The van der Waals surface area contributed by atoms with Crippen molar-refractivity contribution in [2.45, 2.75) is 6.92 Å². The molecule has 0 radical (unpaired) electrons. The highest BCUT2D eigenvalue weighted by molar-refractivity contribution is 9.10. The average molecular weight is 330 g/mol. The molecule has 102 valence electrons. The Balaban J connectivity index is 2.40. The summed E-state index contributed by atoms with van der Waals surface area (Å²) in [5.74, 6) is -1.39. The molecule has 19 heavy (non-hydrogen) atoms. The molecular formula is C12H12BrNO5. The largest absolute Gasteiger partial charge is 0.452 e. The van der Waals surface area contributed by atoms with Gasteiger partial charge in [0.1, 0.15) is 0 Å². The molecule has 0 heterocycles. The fraction of sp³-hybridized carbons (Fsp3) is 0.250. The second kappa shape index (κ2) is 7.52. The van der Waals surface area contributed by atoms with E-state index in [-0.39, 0.29) is 6.61 Å². The summed E-state index contributed by atoms with van der Waals surface area (Å²) in [5, 5.41) is 1.91. The first-order valence-corrected chi connectivity index (χ1v) is 6.21. The van der Waals surface area contributed by atoms with Crippen molar-refractivity contribution >= 4 is 33.9 Å². The van der Waals surface area contributed by atoms with E-state index in [1.807, 2.05) is 5.32 Å². The smallest absolute Gasteiger partial charge is 0.413 e. The zero-order chi connectivity index (χ0) is 14.3. The van der Waals surface area contributed by atoms with Crippen LogP contribution in [0.4, 0.5) is 4.79 Å². The number of halogens is 1.